The van der Waals surface area contributed by atoms with Crippen LogP contribution in [-0.2, 0) is 5.75 Å². The van der Waals surface area contributed by atoms with Crippen LogP contribution in [0.3, 0.4) is 0 Å². The van der Waals surface area contributed by atoms with E-state index in [1.54, 1.807) is 24.3 Å². The molecule has 0 bridgehead atoms. The second kappa shape index (κ2) is 5.65. The maximum Gasteiger partial charge on any atom is 0.347 e. The Morgan fingerprint density at radius 3 is 2.81 bits per heavy atom. The lowest BCUT2D eigenvalue weighted by atomic mass is 10.2. The minimum absolute atomic E-state index is 0.123. The van der Waals surface area contributed by atoms with E-state index in [-0.39, 0.29) is 16.5 Å². The van der Waals surface area contributed by atoms with Gasteiger partial charge in [-0.15, -0.1) is 0 Å². The number of nitrogens with zero attached hydrogens (tertiary/aromatic N) is 1. The summed E-state index contributed by atoms with van der Waals surface area (Å²) in [5.74, 6) is -0.898. The third-order valence-electron chi connectivity index (χ3n) is 2.87. The average molecular weight is 305 g/mol. The average Bonchev–Trinajstić information content (AvgIpc) is 2.48. The van der Waals surface area contributed by atoms with Gasteiger partial charge in [-0.1, -0.05) is 23.9 Å². The summed E-state index contributed by atoms with van der Waals surface area (Å²) in [4.78, 5) is 16.0. The summed E-state index contributed by atoms with van der Waals surface area (Å²) in [7, 11) is 0. The molecule has 0 atom stereocenters. The molecule has 3 rings (SSSR count). The Morgan fingerprint density at radius 1 is 1.14 bits per heavy atom. The topological polar surface area (TPSA) is 43.1 Å². The molecule has 0 aliphatic heterocycles. The number of rotatable bonds is 3. The molecule has 21 heavy (non-hydrogen) atoms. The molecule has 0 saturated carbocycles. The maximum absolute atomic E-state index is 13.5. The summed E-state index contributed by atoms with van der Waals surface area (Å²) < 4.78 is 31.7. The third-order valence-corrected chi connectivity index (χ3v) is 3.75. The monoisotopic (exact) mass is 305 g/mol. The molecule has 0 N–H and O–H groups in total. The molecule has 6 heteroatoms. The van der Waals surface area contributed by atoms with Crippen LogP contribution in [0.25, 0.3) is 10.9 Å². The van der Waals surface area contributed by atoms with Crippen molar-refractivity contribution in [2.45, 2.75) is 11.0 Å². The molecule has 1 aromatic heterocycles. The number of thioether (sulfide) groups is 1. The van der Waals surface area contributed by atoms with Gasteiger partial charge in [-0.05, 0) is 30.3 Å². The smallest absolute Gasteiger partial charge is 0.347 e. The molecular weight excluding hydrogens is 296 g/mol. The van der Waals surface area contributed by atoms with Crippen molar-refractivity contribution in [1.29, 1.82) is 0 Å². The number of aromatic nitrogens is 1. The van der Waals surface area contributed by atoms with E-state index in [1.165, 1.54) is 0 Å². The van der Waals surface area contributed by atoms with E-state index in [2.05, 4.69) is 4.98 Å². The first-order valence-electron chi connectivity index (χ1n) is 6.10. The summed E-state index contributed by atoms with van der Waals surface area (Å²) in [5.41, 5.74) is 0.205. The number of halogens is 2. The predicted molar refractivity (Wildman–Crippen MR) is 76.2 cm³/mol. The predicted octanol–water partition coefficient (Wildman–Crippen LogP) is 3.76. The lowest BCUT2D eigenvalue weighted by Gasteiger charge is -2.03. The van der Waals surface area contributed by atoms with Crippen LogP contribution in [0.5, 0.6) is 0 Å². The second-order valence-electron chi connectivity index (χ2n) is 4.31. The standard InChI is InChI=1S/C15H9F2NO2S/c16-10-5-6-12(17)9(7-10)8-21-15-18-13-4-2-1-3-11(13)14(19)20-15/h1-7H,8H2. The lowest BCUT2D eigenvalue weighted by Crippen LogP contribution is -2.02. The maximum atomic E-state index is 13.5. The van der Waals surface area contributed by atoms with Crippen LogP contribution in [0, 0.1) is 11.6 Å². The van der Waals surface area contributed by atoms with Crippen LogP contribution >= 0.6 is 11.8 Å². The van der Waals surface area contributed by atoms with Crippen LogP contribution in [-0.4, -0.2) is 4.98 Å². The van der Waals surface area contributed by atoms with Crippen molar-refractivity contribution in [3.8, 4) is 0 Å². The summed E-state index contributed by atoms with van der Waals surface area (Å²) in [6, 6.07) is 10.0. The van der Waals surface area contributed by atoms with E-state index in [1.807, 2.05) is 0 Å². The zero-order valence-corrected chi connectivity index (χ0v) is 11.5. The summed E-state index contributed by atoms with van der Waals surface area (Å²) in [6.07, 6.45) is 0. The highest BCUT2D eigenvalue weighted by atomic mass is 32.2. The highest BCUT2D eigenvalue weighted by Crippen LogP contribution is 2.23. The van der Waals surface area contributed by atoms with E-state index in [0.29, 0.717) is 10.9 Å². The Labute approximate surface area is 122 Å². The number of para-hydroxylation sites is 1. The minimum Gasteiger partial charge on any atom is -0.397 e. The van der Waals surface area contributed by atoms with Gasteiger partial charge >= 0.3 is 5.63 Å². The van der Waals surface area contributed by atoms with Crippen LogP contribution < -0.4 is 5.63 Å². The molecule has 0 aliphatic rings. The Bertz CT molecular complexity index is 864. The molecule has 0 saturated heterocycles. The fourth-order valence-electron chi connectivity index (χ4n) is 1.85. The van der Waals surface area contributed by atoms with Crippen molar-refractivity contribution in [3.63, 3.8) is 0 Å². The van der Waals surface area contributed by atoms with Crippen LogP contribution in [0.1, 0.15) is 5.56 Å². The van der Waals surface area contributed by atoms with Gasteiger partial charge in [-0.2, -0.15) is 0 Å². The van der Waals surface area contributed by atoms with Gasteiger partial charge in [0.25, 0.3) is 5.22 Å². The van der Waals surface area contributed by atoms with E-state index in [9.17, 15) is 13.6 Å². The Morgan fingerprint density at radius 2 is 1.95 bits per heavy atom. The first-order chi connectivity index (χ1) is 10.1. The molecule has 3 nitrogen and oxygen atoms in total. The first kappa shape index (κ1) is 13.8. The molecule has 0 aliphatic carbocycles. The van der Waals surface area contributed by atoms with E-state index in [4.69, 9.17) is 4.42 Å². The molecule has 0 amide bonds. The fraction of sp³-hybridized carbons (Fsp3) is 0.0667. The molecular formula is C15H9F2NO2S. The van der Waals surface area contributed by atoms with Crippen molar-refractivity contribution in [2.75, 3.05) is 0 Å². The quantitative estimate of drug-likeness (QED) is 0.691. The van der Waals surface area contributed by atoms with Crippen LogP contribution in [0.15, 0.2) is 56.9 Å². The van der Waals surface area contributed by atoms with Crippen molar-refractivity contribution in [2.24, 2.45) is 0 Å². The molecule has 1 heterocycles. The minimum atomic E-state index is -0.514. The van der Waals surface area contributed by atoms with Gasteiger partial charge in [0, 0.05) is 11.3 Å². The van der Waals surface area contributed by atoms with Crippen molar-refractivity contribution < 1.29 is 13.2 Å². The van der Waals surface area contributed by atoms with Crippen LogP contribution in [0.4, 0.5) is 8.78 Å². The molecule has 106 valence electrons. The highest BCUT2D eigenvalue weighted by Gasteiger charge is 2.09. The van der Waals surface area contributed by atoms with Gasteiger partial charge in [0.2, 0.25) is 0 Å². The van der Waals surface area contributed by atoms with Gasteiger partial charge in [0.05, 0.1) is 10.9 Å². The fourth-order valence-corrected chi connectivity index (χ4v) is 2.65. The number of fused-ring (bicyclic) bond motifs is 1. The van der Waals surface area contributed by atoms with Gasteiger partial charge in [-0.3, -0.25) is 0 Å². The van der Waals surface area contributed by atoms with Crippen LogP contribution in [0.2, 0.25) is 0 Å². The Balaban J connectivity index is 1.88. The first-order valence-corrected chi connectivity index (χ1v) is 7.08. The molecule has 3 aromatic rings. The molecule has 0 radical (unpaired) electrons. The van der Waals surface area contributed by atoms with Gasteiger partial charge < -0.3 is 4.42 Å². The SMILES string of the molecule is O=c1oc(SCc2cc(F)ccc2F)nc2ccccc12. The number of hydrogen-bond donors (Lipinski definition) is 0. The Hall–Kier alpha value is -2.21. The summed E-state index contributed by atoms with van der Waals surface area (Å²) in [5, 5.41) is 0.515. The number of benzene rings is 2. The third kappa shape index (κ3) is 2.95. The van der Waals surface area contributed by atoms with Gasteiger partial charge in [0.15, 0.2) is 0 Å². The zero-order chi connectivity index (χ0) is 14.8. The highest BCUT2D eigenvalue weighted by molar-refractivity contribution is 7.98. The largest absolute Gasteiger partial charge is 0.397 e. The Kier molecular flexibility index (Phi) is 3.70. The summed E-state index contributed by atoms with van der Waals surface area (Å²) in [6.45, 7) is 0. The molecule has 0 spiro atoms. The summed E-state index contributed by atoms with van der Waals surface area (Å²) >= 11 is 1.04. The molecule has 2 aromatic carbocycles. The second-order valence-corrected chi connectivity index (χ2v) is 5.24. The normalized spacial score (nSPS) is 11.0. The van der Waals surface area contributed by atoms with Crippen molar-refractivity contribution in [3.05, 3.63) is 70.1 Å². The van der Waals surface area contributed by atoms with Gasteiger partial charge in [-0.25, -0.2) is 18.6 Å². The van der Waals surface area contributed by atoms with Crippen molar-refractivity contribution >= 4 is 22.7 Å². The van der Waals surface area contributed by atoms with E-state index >= 15 is 0 Å². The number of hydrogen-bond acceptors (Lipinski definition) is 4. The van der Waals surface area contributed by atoms with E-state index in [0.717, 1.165) is 30.0 Å². The lowest BCUT2D eigenvalue weighted by molar-refractivity contribution is 0.401. The molecule has 0 unspecified atom stereocenters. The molecule has 0 fully saturated rings. The zero-order valence-electron chi connectivity index (χ0n) is 10.7. The van der Waals surface area contributed by atoms with Crippen molar-refractivity contribution in [1.82, 2.24) is 4.98 Å². The van der Waals surface area contributed by atoms with Gasteiger partial charge in [0.1, 0.15) is 11.6 Å². The van der Waals surface area contributed by atoms with E-state index < -0.39 is 17.3 Å².